The Bertz CT molecular complexity index is 679. The van der Waals surface area contributed by atoms with Crippen LogP contribution < -0.4 is 10.6 Å². The molecule has 0 aliphatic carbocycles. The van der Waals surface area contributed by atoms with Gasteiger partial charge in [0.25, 0.3) is 0 Å². The van der Waals surface area contributed by atoms with Crippen LogP contribution in [0.15, 0.2) is 60.7 Å². The normalized spacial score (nSPS) is 16.8. The third-order valence-corrected chi connectivity index (χ3v) is 5.37. The van der Waals surface area contributed by atoms with E-state index in [-0.39, 0.29) is 11.4 Å². The molecular weight excluding hydrogens is 322 g/mol. The zero-order valence-corrected chi connectivity index (χ0v) is 15.6. The van der Waals surface area contributed by atoms with Crippen LogP contribution in [0, 0.1) is 0 Å². The summed E-state index contributed by atoms with van der Waals surface area (Å²) in [6.07, 6.45) is 2.10. The van der Waals surface area contributed by atoms with Gasteiger partial charge in [-0.2, -0.15) is 0 Å². The Labute approximate surface area is 156 Å². The van der Waals surface area contributed by atoms with E-state index in [1.807, 2.05) is 6.92 Å². The molecule has 4 heteroatoms. The van der Waals surface area contributed by atoms with Gasteiger partial charge in [0.2, 0.25) is 0 Å². The number of carbonyl (C=O) groups is 1. The zero-order valence-electron chi connectivity index (χ0n) is 15.6. The van der Waals surface area contributed by atoms with Gasteiger partial charge >= 0.3 is 6.03 Å². The number of carbonyl (C=O) groups excluding carboxylic acids is 1. The van der Waals surface area contributed by atoms with E-state index < -0.39 is 0 Å². The molecule has 1 fully saturated rings. The summed E-state index contributed by atoms with van der Waals surface area (Å²) in [4.78, 5) is 14.4. The Balaban J connectivity index is 1.67. The third-order valence-electron chi connectivity index (χ3n) is 5.37. The molecule has 138 valence electrons. The number of piperidine rings is 1. The summed E-state index contributed by atoms with van der Waals surface area (Å²) in [6.45, 7) is 6.35. The van der Waals surface area contributed by atoms with Crippen molar-refractivity contribution in [1.29, 1.82) is 0 Å². The third kappa shape index (κ3) is 4.64. The predicted molar refractivity (Wildman–Crippen MR) is 106 cm³/mol. The van der Waals surface area contributed by atoms with E-state index in [0.717, 1.165) is 32.5 Å². The van der Waals surface area contributed by atoms with Crippen molar-refractivity contribution >= 4 is 6.03 Å². The number of urea groups is 1. The molecule has 1 aliphatic heterocycles. The smallest absolute Gasteiger partial charge is 0.314 e. The molecule has 0 aromatic heterocycles. The quantitative estimate of drug-likeness (QED) is 0.836. The maximum Gasteiger partial charge on any atom is 0.314 e. The number of nitrogens with one attached hydrogen (secondary N) is 2. The number of rotatable bonds is 6. The molecule has 2 amide bonds. The van der Waals surface area contributed by atoms with Gasteiger partial charge < -0.3 is 10.6 Å². The standard InChI is InChI=1S/C22H29N3O/c1-2-23-21(26)24-18-22(20-11-7-4-8-12-20)13-15-25(16-14-22)17-19-9-5-3-6-10-19/h3-12H,2,13-18H2,1H3,(H2,23,24,26). The van der Waals surface area contributed by atoms with Gasteiger partial charge in [-0.05, 0) is 44.0 Å². The molecular formula is C22H29N3O. The Morgan fingerprint density at radius 1 is 0.962 bits per heavy atom. The second-order valence-electron chi connectivity index (χ2n) is 7.12. The van der Waals surface area contributed by atoms with Crippen molar-refractivity contribution in [3.63, 3.8) is 0 Å². The van der Waals surface area contributed by atoms with Crippen molar-refractivity contribution in [3.05, 3.63) is 71.8 Å². The summed E-state index contributed by atoms with van der Waals surface area (Å²) in [5, 5.41) is 5.92. The minimum Gasteiger partial charge on any atom is -0.338 e. The predicted octanol–water partition coefficient (Wildman–Crippen LogP) is 3.54. The molecule has 0 radical (unpaired) electrons. The average Bonchev–Trinajstić information content (AvgIpc) is 2.69. The van der Waals surface area contributed by atoms with Crippen molar-refractivity contribution in [2.24, 2.45) is 0 Å². The van der Waals surface area contributed by atoms with Crippen molar-refractivity contribution in [3.8, 4) is 0 Å². The molecule has 1 aliphatic rings. The molecule has 0 bridgehead atoms. The van der Waals surface area contributed by atoms with E-state index in [2.05, 4.69) is 76.2 Å². The first kappa shape index (κ1) is 18.5. The van der Waals surface area contributed by atoms with Crippen molar-refractivity contribution in [1.82, 2.24) is 15.5 Å². The SMILES string of the molecule is CCNC(=O)NCC1(c2ccccc2)CCN(Cc2ccccc2)CC1. The van der Waals surface area contributed by atoms with E-state index in [1.165, 1.54) is 11.1 Å². The van der Waals surface area contributed by atoms with E-state index in [9.17, 15) is 4.79 Å². The first-order valence-corrected chi connectivity index (χ1v) is 9.55. The largest absolute Gasteiger partial charge is 0.338 e. The van der Waals surface area contributed by atoms with Crippen molar-refractivity contribution in [2.75, 3.05) is 26.2 Å². The van der Waals surface area contributed by atoms with Gasteiger partial charge in [-0.1, -0.05) is 60.7 Å². The Kier molecular flexibility index (Phi) is 6.29. The average molecular weight is 351 g/mol. The fourth-order valence-electron chi connectivity index (χ4n) is 3.81. The Morgan fingerprint density at radius 2 is 1.58 bits per heavy atom. The number of nitrogens with zero attached hydrogens (tertiary/aromatic N) is 1. The molecule has 2 aromatic carbocycles. The van der Waals surface area contributed by atoms with Crippen LogP contribution in [0.5, 0.6) is 0 Å². The Hall–Kier alpha value is -2.33. The Morgan fingerprint density at radius 3 is 2.19 bits per heavy atom. The van der Waals surface area contributed by atoms with Gasteiger partial charge in [0.1, 0.15) is 0 Å². The molecule has 4 nitrogen and oxygen atoms in total. The summed E-state index contributed by atoms with van der Waals surface area (Å²) in [7, 11) is 0. The van der Waals surface area contributed by atoms with Crippen LogP contribution in [-0.4, -0.2) is 37.1 Å². The molecule has 0 unspecified atom stereocenters. The lowest BCUT2D eigenvalue weighted by Crippen LogP contribution is -2.50. The molecule has 26 heavy (non-hydrogen) atoms. The summed E-state index contributed by atoms with van der Waals surface area (Å²) >= 11 is 0. The van der Waals surface area contributed by atoms with Crippen molar-refractivity contribution in [2.45, 2.75) is 31.7 Å². The summed E-state index contributed by atoms with van der Waals surface area (Å²) in [5.41, 5.74) is 2.70. The van der Waals surface area contributed by atoms with Gasteiger partial charge in [-0.25, -0.2) is 4.79 Å². The molecule has 2 aromatic rings. The van der Waals surface area contributed by atoms with Gasteiger partial charge in [0.15, 0.2) is 0 Å². The molecule has 1 saturated heterocycles. The monoisotopic (exact) mass is 351 g/mol. The van der Waals surface area contributed by atoms with Gasteiger partial charge in [0, 0.05) is 25.0 Å². The second-order valence-corrected chi connectivity index (χ2v) is 7.12. The summed E-state index contributed by atoms with van der Waals surface area (Å²) in [6, 6.07) is 21.2. The topological polar surface area (TPSA) is 44.4 Å². The number of likely N-dealkylation sites (tertiary alicyclic amines) is 1. The minimum absolute atomic E-state index is 0.0134. The van der Waals surface area contributed by atoms with Crippen LogP contribution in [0.25, 0.3) is 0 Å². The van der Waals surface area contributed by atoms with Crippen molar-refractivity contribution < 1.29 is 4.79 Å². The molecule has 1 heterocycles. The van der Waals surface area contributed by atoms with E-state index >= 15 is 0 Å². The molecule has 2 N–H and O–H groups in total. The zero-order chi connectivity index (χ0) is 18.2. The summed E-state index contributed by atoms with van der Waals surface area (Å²) < 4.78 is 0. The second kappa shape index (κ2) is 8.86. The lowest BCUT2D eigenvalue weighted by molar-refractivity contribution is 0.150. The summed E-state index contributed by atoms with van der Waals surface area (Å²) in [5.74, 6) is 0. The highest BCUT2D eigenvalue weighted by molar-refractivity contribution is 5.73. The lowest BCUT2D eigenvalue weighted by Gasteiger charge is -2.42. The fourth-order valence-corrected chi connectivity index (χ4v) is 3.81. The van der Waals surface area contributed by atoms with E-state index in [4.69, 9.17) is 0 Å². The van der Waals surface area contributed by atoms with Gasteiger partial charge in [0.05, 0.1) is 0 Å². The first-order chi connectivity index (χ1) is 12.7. The maximum atomic E-state index is 11.9. The molecule has 3 rings (SSSR count). The van der Waals surface area contributed by atoms with Crippen LogP contribution in [-0.2, 0) is 12.0 Å². The van der Waals surface area contributed by atoms with E-state index in [1.54, 1.807) is 0 Å². The number of hydrogen-bond acceptors (Lipinski definition) is 2. The minimum atomic E-state index is -0.0745. The van der Waals surface area contributed by atoms with Crippen LogP contribution >= 0.6 is 0 Å². The lowest BCUT2D eigenvalue weighted by atomic mass is 9.72. The highest BCUT2D eigenvalue weighted by atomic mass is 16.2. The fraction of sp³-hybridized carbons (Fsp3) is 0.409. The van der Waals surface area contributed by atoms with Crippen LogP contribution in [0.3, 0.4) is 0 Å². The first-order valence-electron chi connectivity index (χ1n) is 9.55. The van der Waals surface area contributed by atoms with Crippen LogP contribution in [0.1, 0.15) is 30.9 Å². The van der Waals surface area contributed by atoms with Crippen LogP contribution in [0.4, 0.5) is 4.79 Å². The maximum absolute atomic E-state index is 11.9. The number of amides is 2. The highest BCUT2D eigenvalue weighted by Gasteiger charge is 2.36. The van der Waals surface area contributed by atoms with Crippen LogP contribution in [0.2, 0.25) is 0 Å². The van der Waals surface area contributed by atoms with E-state index in [0.29, 0.717) is 13.1 Å². The van der Waals surface area contributed by atoms with Gasteiger partial charge in [-0.3, -0.25) is 4.90 Å². The highest BCUT2D eigenvalue weighted by Crippen LogP contribution is 2.35. The number of benzene rings is 2. The molecule has 0 saturated carbocycles. The van der Waals surface area contributed by atoms with Gasteiger partial charge in [-0.15, -0.1) is 0 Å². The number of hydrogen-bond donors (Lipinski definition) is 2. The molecule has 0 atom stereocenters. The molecule has 0 spiro atoms.